The fourth-order valence-electron chi connectivity index (χ4n) is 8.99. The normalized spacial score (nSPS) is 26.4. The van der Waals surface area contributed by atoms with Crippen molar-refractivity contribution in [3.05, 3.63) is 29.6 Å². The molecule has 0 saturated heterocycles. The predicted octanol–water partition coefficient (Wildman–Crippen LogP) is 7.72. The minimum atomic E-state index is -0.647. The van der Waals surface area contributed by atoms with Crippen LogP contribution in [0.25, 0.3) is 0 Å². The number of hydrogen-bond acceptors (Lipinski definition) is 7. The zero-order valence-corrected chi connectivity index (χ0v) is 32.7. The maximum atomic E-state index is 10.2. The van der Waals surface area contributed by atoms with Gasteiger partial charge < -0.3 is 31.5 Å². The number of nitrogens with one attached hydrogen (secondary N) is 4. The molecule has 4 unspecified atom stereocenters. The summed E-state index contributed by atoms with van der Waals surface area (Å²) >= 11 is 0. The zero-order chi connectivity index (χ0) is 35.2. The largest absolute Gasteiger partial charge is 0.481 e. The molecule has 0 spiro atoms. The summed E-state index contributed by atoms with van der Waals surface area (Å²) < 4.78 is 0. The van der Waals surface area contributed by atoms with Gasteiger partial charge in [-0.1, -0.05) is 96.0 Å². The Morgan fingerprint density at radius 3 is 1.27 bits per heavy atom. The predicted molar refractivity (Wildman–Crippen MR) is 202 cm³/mol. The second kappa shape index (κ2) is 26.3. The summed E-state index contributed by atoms with van der Waals surface area (Å²) in [6, 6.07) is 8.81. The van der Waals surface area contributed by atoms with E-state index in [0.29, 0.717) is 37.0 Å². The van der Waals surface area contributed by atoms with Gasteiger partial charge in [0.1, 0.15) is 0 Å². The third kappa shape index (κ3) is 18.4. The molecule has 0 aromatic carbocycles. The Bertz CT molecular complexity index is 1000. The van der Waals surface area contributed by atoms with Gasteiger partial charge in [-0.25, -0.2) is 0 Å². The molecule has 291 valence electrons. The Morgan fingerprint density at radius 2 is 0.902 bits per heavy atom. The van der Waals surface area contributed by atoms with E-state index in [4.69, 9.17) is 15.2 Å². The summed E-state index contributed by atoms with van der Waals surface area (Å²) in [7, 11) is 0. The summed E-state index contributed by atoms with van der Waals surface area (Å²) in [5, 5.41) is 32.1. The van der Waals surface area contributed by atoms with Gasteiger partial charge in [-0.2, -0.15) is 0 Å². The molecule has 1 radical (unpaired) electrons. The molecule has 2 bridgehead atoms. The second-order valence-electron chi connectivity index (χ2n) is 15.9. The van der Waals surface area contributed by atoms with Crippen molar-refractivity contribution >= 4 is 11.9 Å². The van der Waals surface area contributed by atoms with Gasteiger partial charge in [-0.15, -0.1) is 0 Å². The number of nitrogens with zero attached hydrogens (tertiary/aromatic N) is 1. The van der Waals surface area contributed by atoms with Crippen LogP contribution in [0.4, 0.5) is 0 Å². The molecule has 0 amide bonds. The molecule has 6 rings (SSSR count). The summed E-state index contributed by atoms with van der Waals surface area (Å²) in [4.78, 5) is 25.4. The molecule has 4 fully saturated rings. The van der Waals surface area contributed by atoms with Gasteiger partial charge in [0.15, 0.2) is 0 Å². The summed E-state index contributed by atoms with van der Waals surface area (Å²) in [5.41, 5.74) is 2.34. The SMILES string of the molecule is O=C(O)CCCC1CCCCC1.O=C(O)CCCC1CCCCC1.[Mn].c1cc2nc(c1)CNC1CCCCC1NCCNC1CCCCC1NC2. The first kappa shape index (κ1) is 43.9. The van der Waals surface area contributed by atoms with Crippen molar-refractivity contribution in [2.75, 3.05) is 13.1 Å². The van der Waals surface area contributed by atoms with E-state index in [0.717, 1.165) is 63.7 Å². The Hall–Kier alpha value is -1.55. The molecule has 2 heterocycles. The number of carboxylic acid groups (broad SMARTS) is 2. The first-order valence-electron chi connectivity index (χ1n) is 20.8. The van der Waals surface area contributed by atoms with Crippen molar-refractivity contribution in [3.8, 4) is 0 Å². The second-order valence-corrected chi connectivity index (χ2v) is 15.9. The number of carboxylic acids is 2. The monoisotopic (exact) mass is 752 g/mol. The molecule has 51 heavy (non-hydrogen) atoms. The number of hydrogen-bond donors (Lipinski definition) is 6. The topological polar surface area (TPSA) is 136 Å². The summed E-state index contributed by atoms with van der Waals surface area (Å²) in [5.74, 6) is 0.368. The van der Waals surface area contributed by atoms with Crippen molar-refractivity contribution < 1.29 is 36.9 Å². The van der Waals surface area contributed by atoms with Crippen molar-refractivity contribution in [3.63, 3.8) is 0 Å². The van der Waals surface area contributed by atoms with Crippen LogP contribution in [-0.2, 0) is 39.7 Å². The number of aromatic nitrogens is 1. The van der Waals surface area contributed by atoms with Crippen LogP contribution >= 0.6 is 0 Å². The maximum Gasteiger partial charge on any atom is 0.303 e. The van der Waals surface area contributed by atoms with Crippen molar-refractivity contribution in [1.82, 2.24) is 26.3 Å². The standard InChI is InChI=1S/C21H35N5.2C10H18O2.Mn/c1-3-10-20-18(8-1)22-12-13-23-19-9-2-4-11-21(19)25-15-17-7-5-6-16(26-17)14-24-20;2*11-10(12)8-4-7-9-5-2-1-3-6-9;/h5-7,18-25H,1-4,8-15H2;2*9H,1-8H2,(H,11,12);. The van der Waals surface area contributed by atoms with Crippen LogP contribution in [0.1, 0.15) is 165 Å². The summed E-state index contributed by atoms with van der Waals surface area (Å²) in [6.07, 6.45) is 28.8. The first-order valence-corrected chi connectivity index (χ1v) is 20.8. The van der Waals surface area contributed by atoms with E-state index in [1.165, 1.54) is 127 Å². The molecular weight excluding hydrogens is 681 g/mol. The quantitative estimate of drug-likeness (QED) is 0.148. The van der Waals surface area contributed by atoms with Crippen LogP contribution in [0.3, 0.4) is 0 Å². The van der Waals surface area contributed by atoms with E-state index >= 15 is 0 Å². The van der Waals surface area contributed by atoms with E-state index in [-0.39, 0.29) is 17.1 Å². The van der Waals surface area contributed by atoms with Gasteiger partial charge in [0.05, 0.1) is 11.4 Å². The number of carbonyl (C=O) groups is 2. The molecule has 4 saturated carbocycles. The zero-order valence-electron chi connectivity index (χ0n) is 31.5. The van der Waals surface area contributed by atoms with Gasteiger partial charge in [-0.3, -0.25) is 14.6 Å². The van der Waals surface area contributed by atoms with Gasteiger partial charge in [0.25, 0.3) is 0 Å². The van der Waals surface area contributed by atoms with Crippen LogP contribution in [0, 0.1) is 11.8 Å². The van der Waals surface area contributed by atoms with Gasteiger partial charge in [-0.05, 0) is 75.3 Å². The van der Waals surface area contributed by atoms with Crippen molar-refractivity contribution in [2.45, 2.75) is 191 Å². The number of fused-ring (bicyclic) bond motifs is 4. The van der Waals surface area contributed by atoms with Gasteiger partial charge >= 0.3 is 11.9 Å². The third-order valence-electron chi connectivity index (χ3n) is 11.9. The van der Waals surface area contributed by atoms with E-state index < -0.39 is 11.9 Å². The molecular formula is C41H71MnN5O4. The Morgan fingerprint density at radius 1 is 0.549 bits per heavy atom. The molecule has 1 aromatic rings. The minimum absolute atomic E-state index is 0. The van der Waals surface area contributed by atoms with Crippen molar-refractivity contribution in [2.24, 2.45) is 11.8 Å². The third-order valence-corrected chi connectivity index (χ3v) is 11.9. The van der Waals surface area contributed by atoms with Gasteiger partial charge in [0.2, 0.25) is 0 Å². The summed E-state index contributed by atoms with van der Waals surface area (Å²) in [6.45, 7) is 3.89. The number of rotatable bonds is 8. The Balaban J connectivity index is 0.000000235. The van der Waals surface area contributed by atoms with E-state index in [1.54, 1.807) is 0 Å². The first-order chi connectivity index (χ1) is 24.5. The van der Waals surface area contributed by atoms with E-state index in [1.807, 2.05) is 0 Å². The molecule has 1 aromatic heterocycles. The Kier molecular flexibility index (Phi) is 22.6. The molecule has 10 heteroatoms. The fourth-order valence-corrected chi connectivity index (χ4v) is 8.99. The van der Waals surface area contributed by atoms with Crippen molar-refractivity contribution in [1.29, 1.82) is 0 Å². The average molecular weight is 753 g/mol. The van der Waals surface area contributed by atoms with Crippen LogP contribution < -0.4 is 21.3 Å². The fraction of sp³-hybridized carbons (Fsp3) is 0.829. The molecule has 5 aliphatic rings. The smallest absolute Gasteiger partial charge is 0.303 e. The molecule has 4 aliphatic carbocycles. The van der Waals surface area contributed by atoms with Crippen LogP contribution in [-0.4, -0.2) is 64.4 Å². The number of aliphatic carboxylic acids is 2. The average Bonchev–Trinajstić information content (AvgIpc) is 3.14. The van der Waals surface area contributed by atoms with Crippen LogP contribution in [0.5, 0.6) is 0 Å². The molecule has 4 atom stereocenters. The number of pyridine rings is 1. The molecule has 9 nitrogen and oxygen atoms in total. The van der Waals surface area contributed by atoms with Crippen LogP contribution in [0.2, 0.25) is 0 Å². The Labute approximate surface area is 319 Å². The molecule has 6 N–H and O–H groups in total. The van der Waals surface area contributed by atoms with E-state index in [9.17, 15) is 9.59 Å². The van der Waals surface area contributed by atoms with E-state index in [2.05, 4.69) is 39.5 Å². The minimum Gasteiger partial charge on any atom is -0.481 e. The van der Waals surface area contributed by atoms with Gasteiger partial charge in [0, 0.05) is 80.3 Å². The molecule has 1 aliphatic heterocycles. The maximum absolute atomic E-state index is 10.2. The van der Waals surface area contributed by atoms with Crippen LogP contribution in [0.15, 0.2) is 18.2 Å².